The molecule has 0 aliphatic carbocycles. The van der Waals surface area contributed by atoms with Crippen molar-refractivity contribution in [1.29, 1.82) is 5.26 Å². The summed E-state index contributed by atoms with van der Waals surface area (Å²) in [6.45, 7) is 0. The minimum Gasteiger partial charge on any atom is -0.288 e. The van der Waals surface area contributed by atoms with E-state index < -0.39 is 0 Å². The number of nitrogens with one attached hydrogen (secondary N) is 1. The molecule has 2 aromatic rings. The molecule has 0 atom stereocenters. The molecule has 19 heavy (non-hydrogen) atoms. The molecule has 0 aliphatic heterocycles. The fourth-order valence-corrected chi connectivity index (χ4v) is 1.66. The number of hydrogen-bond donors (Lipinski definition) is 1. The molecule has 0 spiro atoms. The van der Waals surface area contributed by atoms with E-state index in [1.54, 1.807) is 36.3 Å². The van der Waals surface area contributed by atoms with Gasteiger partial charge in [0.2, 0.25) is 0 Å². The number of carbonyl (C=O) groups excluding carboxylic acids is 1. The maximum absolute atomic E-state index is 12.0. The maximum atomic E-state index is 12.0. The molecule has 0 saturated heterocycles. The predicted octanol–water partition coefficient (Wildman–Crippen LogP) is 2.34. The number of rotatable bonds is 3. The van der Waals surface area contributed by atoms with Crippen molar-refractivity contribution in [3.8, 4) is 6.07 Å². The van der Waals surface area contributed by atoms with Crippen LogP contribution < -0.4 is 10.4 Å². The lowest BCUT2D eigenvalue weighted by molar-refractivity contribution is 0.0951. The third-order valence-electron chi connectivity index (χ3n) is 2.67. The van der Waals surface area contributed by atoms with Gasteiger partial charge in [0.25, 0.3) is 5.91 Å². The second-order valence-corrected chi connectivity index (χ2v) is 4.03. The molecule has 0 bridgehead atoms. The second-order valence-electron chi connectivity index (χ2n) is 4.03. The largest absolute Gasteiger partial charge is 0.288 e. The van der Waals surface area contributed by atoms with Crippen LogP contribution in [0.15, 0.2) is 54.6 Å². The summed E-state index contributed by atoms with van der Waals surface area (Å²) in [6, 6.07) is 18.1. The number of benzene rings is 2. The standard InChI is InChI=1S/C15H13N3O/c1-18(14-8-3-2-4-9-14)17-15(19)13-7-5-6-12(10-13)11-16/h2-10H,1H3,(H,17,19). The summed E-state index contributed by atoms with van der Waals surface area (Å²) in [5, 5.41) is 10.5. The molecule has 2 aromatic carbocycles. The van der Waals surface area contributed by atoms with Crippen molar-refractivity contribution in [2.45, 2.75) is 0 Å². The first-order valence-electron chi connectivity index (χ1n) is 5.80. The van der Waals surface area contributed by atoms with E-state index in [0.29, 0.717) is 11.1 Å². The number of nitrogens with zero attached hydrogens (tertiary/aromatic N) is 2. The lowest BCUT2D eigenvalue weighted by atomic mass is 10.1. The Morgan fingerprint density at radius 3 is 2.58 bits per heavy atom. The van der Waals surface area contributed by atoms with Gasteiger partial charge in [-0.3, -0.25) is 15.2 Å². The smallest absolute Gasteiger partial charge is 0.269 e. The van der Waals surface area contributed by atoms with E-state index in [1.807, 2.05) is 36.4 Å². The Bertz CT molecular complexity index is 617. The van der Waals surface area contributed by atoms with Crippen LogP contribution in [0.3, 0.4) is 0 Å². The van der Waals surface area contributed by atoms with Crippen LogP contribution in [0, 0.1) is 11.3 Å². The molecule has 4 heteroatoms. The minimum absolute atomic E-state index is 0.247. The zero-order chi connectivity index (χ0) is 13.7. The molecule has 2 rings (SSSR count). The topological polar surface area (TPSA) is 56.1 Å². The normalized spacial score (nSPS) is 9.47. The van der Waals surface area contributed by atoms with E-state index in [2.05, 4.69) is 5.43 Å². The fourth-order valence-electron chi connectivity index (χ4n) is 1.66. The van der Waals surface area contributed by atoms with E-state index >= 15 is 0 Å². The molecule has 0 aromatic heterocycles. The van der Waals surface area contributed by atoms with Gasteiger partial charge in [0.15, 0.2) is 0 Å². The van der Waals surface area contributed by atoms with Crippen molar-refractivity contribution in [1.82, 2.24) is 5.43 Å². The second kappa shape index (κ2) is 5.69. The number of carbonyl (C=O) groups is 1. The summed E-state index contributed by atoms with van der Waals surface area (Å²) >= 11 is 0. The van der Waals surface area contributed by atoms with Crippen LogP contribution in [0.25, 0.3) is 0 Å². The minimum atomic E-state index is -0.247. The number of hydrazine groups is 1. The van der Waals surface area contributed by atoms with E-state index in [4.69, 9.17) is 5.26 Å². The number of amides is 1. The van der Waals surface area contributed by atoms with Gasteiger partial charge in [-0.15, -0.1) is 0 Å². The summed E-state index contributed by atoms with van der Waals surface area (Å²) in [4.78, 5) is 12.0. The van der Waals surface area contributed by atoms with Gasteiger partial charge in [-0.05, 0) is 30.3 Å². The van der Waals surface area contributed by atoms with Gasteiger partial charge >= 0.3 is 0 Å². The third kappa shape index (κ3) is 3.11. The number of anilines is 1. The van der Waals surface area contributed by atoms with Gasteiger partial charge in [-0.25, -0.2) is 0 Å². The van der Waals surface area contributed by atoms with Crippen molar-refractivity contribution in [3.63, 3.8) is 0 Å². The summed E-state index contributed by atoms with van der Waals surface area (Å²) < 4.78 is 0. The first-order valence-corrected chi connectivity index (χ1v) is 5.80. The van der Waals surface area contributed by atoms with Gasteiger partial charge in [0, 0.05) is 12.6 Å². The number of nitriles is 1. The van der Waals surface area contributed by atoms with Crippen molar-refractivity contribution >= 4 is 11.6 Å². The van der Waals surface area contributed by atoms with Gasteiger partial charge in [-0.2, -0.15) is 5.26 Å². The van der Waals surface area contributed by atoms with E-state index in [9.17, 15) is 4.79 Å². The quantitative estimate of drug-likeness (QED) is 0.852. The van der Waals surface area contributed by atoms with Crippen LogP contribution in [0.4, 0.5) is 5.69 Å². The molecular weight excluding hydrogens is 238 g/mol. The molecule has 0 fully saturated rings. The molecule has 0 saturated carbocycles. The Kier molecular flexibility index (Phi) is 3.79. The predicted molar refractivity (Wildman–Crippen MR) is 73.5 cm³/mol. The van der Waals surface area contributed by atoms with Crippen molar-refractivity contribution in [2.75, 3.05) is 12.1 Å². The molecule has 4 nitrogen and oxygen atoms in total. The molecular formula is C15H13N3O. The van der Waals surface area contributed by atoms with Crippen LogP contribution in [-0.4, -0.2) is 13.0 Å². The van der Waals surface area contributed by atoms with Crippen LogP contribution in [0.5, 0.6) is 0 Å². The molecule has 0 radical (unpaired) electrons. The highest BCUT2D eigenvalue weighted by atomic mass is 16.2. The Labute approximate surface area is 111 Å². The van der Waals surface area contributed by atoms with Gasteiger partial charge in [0.05, 0.1) is 17.3 Å². The summed E-state index contributed by atoms with van der Waals surface area (Å²) in [7, 11) is 1.77. The lowest BCUT2D eigenvalue weighted by Crippen LogP contribution is -2.39. The molecule has 0 heterocycles. The van der Waals surface area contributed by atoms with E-state index in [1.165, 1.54) is 0 Å². The Hall–Kier alpha value is -2.80. The van der Waals surface area contributed by atoms with Gasteiger partial charge in [0.1, 0.15) is 0 Å². The van der Waals surface area contributed by atoms with Gasteiger partial charge in [-0.1, -0.05) is 24.3 Å². The fraction of sp³-hybridized carbons (Fsp3) is 0.0667. The van der Waals surface area contributed by atoms with Crippen LogP contribution in [0.1, 0.15) is 15.9 Å². The Morgan fingerprint density at radius 1 is 1.16 bits per heavy atom. The summed E-state index contributed by atoms with van der Waals surface area (Å²) in [5.41, 5.74) is 4.56. The average molecular weight is 251 g/mol. The van der Waals surface area contributed by atoms with Gasteiger partial charge < -0.3 is 0 Å². The zero-order valence-corrected chi connectivity index (χ0v) is 10.5. The molecule has 0 aliphatic rings. The lowest BCUT2D eigenvalue weighted by Gasteiger charge is -2.20. The highest BCUT2D eigenvalue weighted by molar-refractivity contribution is 5.95. The van der Waals surface area contributed by atoms with Crippen molar-refractivity contribution in [3.05, 3.63) is 65.7 Å². The highest BCUT2D eigenvalue weighted by Gasteiger charge is 2.08. The van der Waals surface area contributed by atoms with Crippen molar-refractivity contribution in [2.24, 2.45) is 0 Å². The van der Waals surface area contributed by atoms with Crippen LogP contribution in [0.2, 0.25) is 0 Å². The monoisotopic (exact) mass is 251 g/mol. The highest BCUT2D eigenvalue weighted by Crippen LogP contribution is 2.10. The maximum Gasteiger partial charge on any atom is 0.269 e. The molecule has 94 valence electrons. The SMILES string of the molecule is CN(NC(=O)c1cccc(C#N)c1)c1ccccc1. The number of hydrogen-bond acceptors (Lipinski definition) is 3. The number of para-hydroxylation sites is 1. The van der Waals surface area contributed by atoms with E-state index in [0.717, 1.165) is 5.69 Å². The molecule has 1 N–H and O–H groups in total. The molecule has 1 amide bonds. The molecule has 0 unspecified atom stereocenters. The van der Waals surface area contributed by atoms with E-state index in [-0.39, 0.29) is 5.91 Å². The van der Waals surface area contributed by atoms with Crippen molar-refractivity contribution < 1.29 is 4.79 Å². The summed E-state index contributed by atoms with van der Waals surface area (Å²) in [5.74, 6) is -0.247. The third-order valence-corrected chi connectivity index (χ3v) is 2.67. The average Bonchev–Trinajstić information content (AvgIpc) is 2.48. The zero-order valence-electron chi connectivity index (χ0n) is 10.5. The Morgan fingerprint density at radius 2 is 1.89 bits per heavy atom. The first-order chi connectivity index (χ1) is 9.20. The summed E-state index contributed by atoms with van der Waals surface area (Å²) in [6.07, 6.45) is 0. The van der Waals surface area contributed by atoms with Crippen LogP contribution in [-0.2, 0) is 0 Å². The Balaban J connectivity index is 2.11. The van der Waals surface area contributed by atoms with Crippen LogP contribution >= 0.6 is 0 Å². The first kappa shape index (κ1) is 12.7.